The summed E-state index contributed by atoms with van der Waals surface area (Å²) in [6.45, 7) is 7.31. The fourth-order valence-corrected chi connectivity index (χ4v) is 5.68. The molecule has 2 aliphatic heterocycles. The van der Waals surface area contributed by atoms with Crippen LogP contribution in [0.1, 0.15) is 93.6 Å². The van der Waals surface area contributed by atoms with Crippen LogP contribution in [0.3, 0.4) is 0 Å². The molecule has 1 aromatic carbocycles. The average Bonchev–Trinajstić information content (AvgIpc) is 3.27. The van der Waals surface area contributed by atoms with Crippen LogP contribution in [0.2, 0.25) is 0 Å². The lowest BCUT2D eigenvalue weighted by molar-refractivity contribution is -0.136. The number of amides is 4. The van der Waals surface area contributed by atoms with Gasteiger partial charge in [0, 0.05) is 60.7 Å². The molecule has 43 heavy (non-hydrogen) atoms. The highest BCUT2D eigenvalue weighted by Gasteiger charge is 2.39. The summed E-state index contributed by atoms with van der Waals surface area (Å²) in [4.78, 5) is 55.7. The molecule has 2 heterocycles. The number of fused-ring (bicyclic) bond motifs is 1. The van der Waals surface area contributed by atoms with Crippen molar-refractivity contribution >= 4 is 23.8 Å². The second-order valence-corrected chi connectivity index (χ2v) is 12.1. The van der Waals surface area contributed by atoms with Gasteiger partial charge in [0.05, 0.1) is 6.61 Å². The van der Waals surface area contributed by atoms with Crippen LogP contribution in [0.25, 0.3) is 10.4 Å². The normalized spacial score (nSPS) is 21.7. The molecule has 0 aromatic heterocycles. The van der Waals surface area contributed by atoms with Gasteiger partial charge in [0.15, 0.2) is 0 Å². The van der Waals surface area contributed by atoms with Gasteiger partial charge in [-0.2, -0.15) is 0 Å². The zero-order valence-corrected chi connectivity index (χ0v) is 25.1. The van der Waals surface area contributed by atoms with Gasteiger partial charge in [0.25, 0.3) is 5.91 Å². The van der Waals surface area contributed by atoms with Gasteiger partial charge in [-0.05, 0) is 88.6 Å². The summed E-state index contributed by atoms with van der Waals surface area (Å²) in [5, 5.41) is 6.15. The van der Waals surface area contributed by atoms with Gasteiger partial charge in [-0.3, -0.25) is 19.7 Å². The molecule has 0 spiro atoms. The van der Waals surface area contributed by atoms with Gasteiger partial charge in [-0.25, -0.2) is 4.79 Å². The number of hydrogen-bond donors (Lipinski definition) is 1. The van der Waals surface area contributed by atoms with Gasteiger partial charge < -0.3 is 19.3 Å². The van der Waals surface area contributed by atoms with E-state index in [-0.39, 0.29) is 36.4 Å². The van der Waals surface area contributed by atoms with Crippen molar-refractivity contribution in [3.05, 3.63) is 45.3 Å². The van der Waals surface area contributed by atoms with Crippen LogP contribution in [0.4, 0.5) is 4.79 Å². The summed E-state index contributed by atoms with van der Waals surface area (Å²) >= 11 is 0. The van der Waals surface area contributed by atoms with Crippen molar-refractivity contribution < 1.29 is 28.7 Å². The molecule has 1 aromatic rings. The molecule has 0 radical (unpaired) electrons. The van der Waals surface area contributed by atoms with Gasteiger partial charge in [-0.1, -0.05) is 17.0 Å². The van der Waals surface area contributed by atoms with E-state index in [2.05, 4.69) is 27.2 Å². The molecule has 12 heteroatoms. The van der Waals surface area contributed by atoms with E-state index in [1.165, 1.54) is 4.90 Å². The van der Waals surface area contributed by atoms with Crippen LogP contribution in [0, 0.1) is 11.8 Å². The second kappa shape index (κ2) is 14.4. The van der Waals surface area contributed by atoms with E-state index >= 15 is 0 Å². The summed E-state index contributed by atoms with van der Waals surface area (Å²) in [7, 11) is 0. The summed E-state index contributed by atoms with van der Waals surface area (Å²) in [6, 6.07) is 4.80. The molecule has 0 bridgehead atoms. The minimum atomic E-state index is -0.639. The Morgan fingerprint density at radius 3 is 2.63 bits per heavy atom. The Balaban J connectivity index is 1.21. The summed E-state index contributed by atoms with van der Waals surface area (Å²) in [5.74, 6) is 5.28. The molecule has 12 nitrogen and oxygen atoms in total. The number of nitrogens with zero attached hydrogens (tertiary/aromatic N) is 5. The fourth-order valence-electron chi connectivity index (χ4n) is 5.68. The maximum atomic E-state index is 12.9. The largest absolute Gasteiger partial charge is 0.444 e. The Labute approximate surface area is 252 Å². The van der Waals surface area contributed by atoms with E-state index in [1.54, 1.807) is 17.0 Å². The Hall–Kier alpha value is -4.07. The molecule has 4 amide bonds. The van der Waals surface area contributed by atoms with E-state index in [0.29, 0.717) is 51.1 Å². The number of ether oxygens (including phenoxy) is 2. The van der Waals surface area contributed by atoms with Crippen molar-refractivity contribution in [1.29, 1.82) is 0 Å². The third-order valence-electron chi connectivity index (χ3n) is 7.77. The van der Waals surface area contributed by atoms with E-state index in [1.807, 2.05) is 26.8 Å². The maximum Gasteiger partial charge on any atom is 0.410 e. The predicted molar refractivity (Wildman–Crippen MR) is 158 cm³/mol. The quantitative estimate of drug-likeness (QED) is 0.112. The van der Waals surface area contributed by atoms with Crippen molar-refractivity contribution in [2.24, 2.45) is 5.11 Å². The molecule has 1 saturated carbocycles. The molecule has 1 unspecified atom stereocenters. The molecule has 1 atom stereocenters. The first kappa shape index (κ1) is 31.9. The van der Waals surface area contributed by atoms with E-state index < -0.39 is 17.6 Å². The van der Waals surface area contributed by atoms with Crippen molar-refractivity contribution in [1.82, 2.24) is 15.1 Å². The van der Waals surface area contributed by atoms with Crippen LogP contribution in [-0.4, -0.2) is 77.1 Å². The zero-order chi connectivity index (χ0) is 31.0. The van der Waals surface area contributed by atoms with Gasteiger partial charge in [0.2, 0.25) is 11.8 Å². The number of nitrogens with one attached hydrogen (secondary N) is 1. The number of piperidine rings is 1. The smallest absolute Gasteiger partial charge is 0.410 e. The number of rotatable bonds is 9. The van der Waals surface area contributed by atoms with Crippen LogP contribution in [0.15, 0.2) is 23.3 Å². The first-order valence-corrected chi connectivity index (χ1v) is 14.9. The zero-order valence-electron chi connectivity index (χ0n) is 25.1. The molecular weight excluding hydrogens is 552 g/mol. The highest BCUT2D eigenvalue weighted by molar-refractivity contribution is 6.05. The third-order valence-corrected chi connectivity index (χ3v) is 7.77. The Morgan fingerprint density at radius 1 is 1.16 bits per heavy atom. The molecule has 4 rings (SSSR count). The Bertz CT molecular complexity index is 1330. The number of carbonyl (C=O) groups is 4. The highest BCUT2D eigenvalue weighted by Crippen LogP contribution is 2.29. The van der Waals surface area contributed by atoms with Crippen LogP contribution < -0.4 is 5.32 Å². The third kappa shape index (κ3) is 8.72. The lowest BCUT2D eigenvalue weighted by Gasteiger charge is -2.37. The van der Waals surface area contributed by atoms with Gasteiger partial charge >= 0.3 is 6.09 Å². The van der Waals surface area contributed by atoms with Crippen LogP contribution in [-0.2, 0) is 25.6 Å². The van der Waals surface area contributed by atoms with Crippen molar-refractivity contribution in [2.75, 3.05) is 19.8 Å². The average molecular weight is 593 g/mol. The number of hydrogen-bond acceptors (Lipinski definition) is 7. The monoisotopic (exact) mass is 592 g/mol. The van der Waals surface area contributed by atoms with Crippen molar-refractivity contribution in [3.8, 4) is 11.8 Å². The van der Waals surface area contributed by atoms with Crippen molar-refractivity contribution in [2.45, 2.75) is 102 Å². The van der Waals surface area contributed by atoms with Gasteiger partial charge in [0.1, 0.15) is 11.6 Å². The Morgan fingerprint density at radius 2 is 1.93 bits per heavy atom. The molecule has 1 N–H and O–H groups in total. The first-order chi connectivity index (χ1) is 20.6. The number of benzene rings is 1. The SMILES string of the molecule is CC(C)(C)OC(=O)N(CCCOCCC#Cc1ccc2c(c1)CN(C1CCC(=O)NC1=O)C2=O)C1CCC(N=[N+]=[N-])CC1. The minimum absolute atomic E-state index is 0.0157. The lowest BCUT2D eigenvalue weighted by Crippen LogP contribution is -2.52. The standard InChI is InChI=1S/C31H40N6O6/c1-31(2,3)43-30(41)36(24-11-9-23(10-12-24)34-35-32)16-6-18-42-17-5-4-7-21-8-13-25-22(19-21)20-37(29(25)40)26-14-15-27(38)33-28(26)39/h8,13,19,23-24,26H,5-6,9-12,14-18,20H2,1-3H3,(H,33,38,39). The number of carbonyl (C=O) groups excluding carboxylic acids is 4. The lowest BCUT2D eigenvalue weighted by atomic mass is 9.90. The van der Waals surface area contributed by atoms with E-state index in [0.717, 1.165) is 36.8 Å². The van der Waals surface area contributed by atoms with Crippen LogP contribution >= 0.6 is 0 Å². The molecule has 1 aliphatic carbocycles. The topological polar surface area (TPSA) is 154 Å². The molecule has 230 valence electrons. The molecule has 2 fully saturated rings. The number of azide groups is 1. The summed E-state index contributed by atoms with van der Waals surface area (Å²) in [6.07, 6.45) is 4.44. The predicted octanol–water partition coefficient (Wildman–Crippen LogP) is 4.45. The number of imide groups is 1. The highest BCUT2D eigenvalue weighted by atomic mass is 16.6. The Kier molecular flexibility index (Phi) is 10.7. The van der Waals surface area contributed by atoms with E-state index in [9.17, 15) is 19.2 Å². The molecular formula is C31H40N6O6. The van der Waals surface area contributed by atoms with Gasteiger partial charge in [-0.15, -0.1) is 0 Å². The molecule has 1 saturated heterocycles. The minimum Gasteiger partial charge on any atom is -0.444 e. The second-order valence-electron chi connectivity index (χ2n) is 12.1. The molecule has 3 aliphatic rings. The fraction of sp³-hybridized carbons (Fsp3) is 0.613. The summed E-state index contributed by atoms with van der Waals surface area (Å²) < 4.78 is 11.4. The first-order valence-electron chi connectivity index (χ1n) is 14.9. The van der Waals surface area contributed by atoms with Crippen molar-refractivity contribution in [3.63, 3.8) is 0 Å². The summed E-state index contributed by atoms with van der Waals surface area (Å²) in [5.41, 5.74) is 10.3. The van der Waals surface area contributed by atoms with E-state index in [4.69, 9.17) is 15.0 Å². The maximum absolute atomic E-state index is 12.9. The van der Waals surface area contributed by atoms with Crippen LogP contribution in [0.5, 0.6) is 0 Å².